The molecule has 0 bridgehead atoms. The maximum absolute atomic E-state index is 12.8. The molecule has 3 N–H and O–H groups in total. The maximum Gasteiger partial charge on any atom is 0.335 e. The number of benzene rings is 2. The fourth-order valence-corrected chi connectivity index (χ4v) is 5.17. The number of nitrogens with zero attached hydrogens (tertiary/aromatic N) is 2. The minimum absolute atomic E-state index is 0.101. The number of rotatable bonds is 8. The second kappa shape index (κ2) is 11.3. The van der Waals surface area contributed by atoms with E-state index in [0.29, 0.717) is 33.8 Å². The Kier molecular flexibility index (Phi) is 7.63. The topological polar surface area (TPSA) is 108 Å². The van der Waals surface area contributed by atoms with E-state index in [1.165, 1.54) is 18.2 Å². The second-order valence-corrected chi connectivity index (χ2v) is 9.98. The van der Waals surface area contributed by atoms with Crippen molar-refractivity contribution in [2.75, 3.05) is 11.9 Å². The normalized spacial score (nSPS) is 16.7. The standard InChI is InChI=1S/C29H25ClN4O4S/c1-17-5-4-6-19(15-17)32-25(35)12-14-34-27(26(33-29(34)39)22-7-2-3-13-31-22)24-11-10-23(38-24)20-16-18(28(36)37)8-9-21(20)30/h2-11,13,15-16,26-27H,12,14H2,1H3,(H,32,35)(H,33,39)(H,36,37)/t26-,27+/m0/s1. The van der Waals surface area contributed by atoms with E-state index in [0.717, 1.165) is 16.9 Å². The Morgan fingerprint density at radius 3 is 2.72 bits per heavy atom. The predicted octanol–water partition coefficient (Wildman–Crippen LogP) is 6.00. The van der Waals surface area contributed by atoms with Crippen LogP contribution in [-0.2, 0) is 4.79 Å². The molecule has 0 unspecified atom stereocenters. The molecule has 0 aliphatic carbocycles. The highest BCUT2D eigenvalue weighted by atomic mass is 35.5. The Hall–Kier alpha value is -4.21. The van der Waals surface area contributed by atoms with E-state index in [1.54, 1.807) is 12.3 Å². The first-order valence-corrected chi connectivity index (χ1v) is 13.1. The molecule has 4 aromatic rings. The van der Waals surface area contributed by atoms with Crippen molar-refractivity contribution in [3.05, 3.63) is 107 Å². The van der Waals surface area contributed by atoms with Gasteiger partial charge in [-0.2, -0.15) is 0 Å². The van der Waals surface area contributed by atoms with Gasteiger partial charge in [-0.1, -0.05) is 29.8 Å². The molecule has 10 heteroatoms. The first-order valence-electron chi connectivity index (χ1n) is 12.3. The lowest BCUT2D eigenvalue weighted by molar-refractivity contribution is -0.116. The number of pyridine rings is 1. The number of nitrogens with one attached hydrogen (secondary N) is 2. The first kappa shape index (κ1) is 26.4. The summed E-state index contributed by atoms with van der Waals surface area (Å²) < 4.78 is 6.27. The lowest BCUT2D eigenvalue weighted by Crippen LogP contribution is -2.32. The minimum atomic E-state index is -1.06. The van der Waals surface area contributed by atoms with Crippen molar-refractivity contribution in [2.45, 2.75) is 25.4 Å². The fraction of sp³-hybridized carbons (Fsp3) is 0.172. The average Bonchev–Trinajstić information content (AvgIpc) is 3.52. The summed E-state index contributed by atoms with van der Waals surface area (Å²) in [6, 6.07) is 20.5. The van der Waals surface area contributed by atoms with Gasteiger partial charge >= 0.3 is 5.97 Å². The molecule has 1 saturated heterocycles. The number of carbonyl (C=O) groups is 2. The van der Waals surface area contributed by atoms with Crippen molar-refractivity contribution < 1.29 is 19.1 Å². The number of halogens is 1. The molecule has 1 amide bonds. The molecule has 2 aromatic heterocycles. The van der Waals surface area contributed by atoms with Crippen LogP contribution in [0.4, 0.5) is 5.69 Å². The van der Waals surface area contributed by atoms with Crippen molar-refractivity contribution >= 4 is 46.5 Å². The van der Waals surface area contributed by atoms with Gasteiger partial charge in [0.25, 0.3) is 0 Å². The molecule has 198 valence electrons. The molecule has 1 fully saturated rings. The summed E-state index contributed by atoms with van der Waals surface area (Å²) in [7, 11) is 0. The van der Waals surface area contributed by atoms with Crippen LogP contribution in [0.15, 0.2) is 83.4 Å². The number of furan rings is 1. The van der Waals surface area contributed by atoms with Crippen LogP contribution in [0, 0.1) is 6.92 Å². The number of hydrogen-bond acceptors (Lipinski definition) is 5. The Labute approximate surface area is 235 Å². The Balaban J connectivity index is 1.43. The third-order valence-corrected chi connectivity index (χ3v) is 7.16. The molecule has 2 aromatic carbocycles. The van der Waals surface area contributed by atoms with Crippen LogP contribution in [0.1, 0.15) is 45.9 Å². The van der Waals surface area contributed by atoms with Gasteiger partial charge in [0.2, 0.25) is 5.91 Å². The summed E-state index contributed by atoms with van der Waals surface area (Å²) in [6.45, 7) is 2.30. The van der Waals surface area contributed by atoms with Gasteiger partial charge in [-0.3, -0.25) is 9.78 Å². The zero-order chi connectivity index (χ0) is 27.5. The van der Waals surface area contributed by atoms with E-state index < -0.39 is 12.0 Å². The summed E-state index contributed by atoms with van der Waals surface area (Å²) in [4.78, 5) is 30.7. The van der Waals surface area contributed by atoms with Crippen molar-refractivity contribution in [2.24, 2.45) is 0 Å². The maximum atomic E-state index is 12.8. The number of aryl methyl sites for hydroxylation is 1. The van der Waals surface area contributed by atoms with Crippen molar-refractivity contribution in [3.63, 3.8) is 0 Å². The molecular weight excluding hydrogens is 536 g/mol. The second-order valence-electron chi connectivity index (χ2n) is 9.19. The number of carboxylic acid groups (broad SMARTS) is 1. The van der Waals surface area contributed by atoms with Gasteiger partial charge in [-0.15, -0.1) is 0 Å². The Bertz CT molecular complexity index is 1540. The molecule has 8 nitrogen and oxygen atoms in total. The quantitative estimate of drug-likeness (QED) is 0.225. The third-order valence-electron chi connectivity index (χ3n) is 6.48. The van der Waals surface area contributed by atoms with Gasteiger partial charge in [0.15, 0.2) is 5.11 Å². The summed E-state index contributed by atoms with van der Waals surface area (Å²) in [5.41, 5.74) is 3.12. The highest BCUT2D eigenvalue weighted by molar-refractivity contribution is 7.80. The first-order chi connectivity index (χ1) is 18.8. The summed E-state index contributed by atoms with van der Waals surface area (Å²) in [6.07, 6.45) is 1.90. The van der Waals surface area contributed by atoms with E-state index in [4.69, 9.17) is 28.2 Å². The number of aromatic nitrogens is 1. The highest BCUT2D eigenvalue weighted by Gasteiger charge is 2.41. The number of carboxylic acids is 1. The lowest BCUT2D eigenvalue weighted by Gasteiger charge is -2.25. The van der Waals surface area contributed by atoms with E-state index in [9.17, 15) is 14.7 Å². The zero-order valence-corrected chi connectivity index (χ0v) is 22.5. The van der Waals surface area contributed by atoms with Crippen molar-refractivity contribution in [1.82, 2.24) is 15.2 Å². The fourth-order valence-electron chi connectivity index (χ4n) is 4.63. The monoisotopic (exact) mass is 560 g/mol. The molecule has 0 spiro atoms. The molecule has 39 heavy (non-hydrogen) atoms. The number of thiocarbonyl (C=S) groups is 1. The van der Waals surface area contributed by atoms with Gasteiger partial charge in [0.05, 0.1) is 22.3 Å². The summed E-state index contributed by atoms with van der Waals surface area (Å²) in [5, 5.41) is 16.5. The number of amides is 1. The molecular formula is C29H25ClN4O4S. The highest BCUT2D eigenvalue weighted by Crippen LogP contribution is 2.41. The predicted molar refractivity (Wildman–Crippen MR) is 153 cm³/mol. The van der Waals surface area contributed by atoms with E-state index in [1.807, 2.05) is 60.4 Å². The number of anilines is 1. The summed E-state index contributed by atoms with van der Waals surface area (Å²) in [5.74, 6) is -0.201. The van der Waals surface area contributed by atoms with Crippen LogP contribution in [0.2, 0.25) is 5.02 Å². The van der Waals surface area contributed by atoms with E-state index in [2.05, 4.69) is 15.6 Å². The van der Waals surface area contributed by atoms with E-state index in [-0.39, 0.29) is 23.9 Å². The van der Waals surface area contributed by atoms with Crippen LogP contribution in [0.25, 0.3) is 11.3 Å². The number of carbonyl (C=O) groups excluding carboxylic acids is 1. The average molecular weight is 561 g/mol. The van der Waals surface area contributed by atoms with Gasteiger partial charge in [-0.05, 0) is 79.3 Å². The largest absolute Gasteiger partial charge is 0.478 e. The lowest BCUT2D eigenvalue weighted by atomic mass is 10.0. The van der Waals surface area contributed by atoms with Gasteiger partial charge in [-0.25, -0.2) is 4.79 Å². The molecule has 0 radical (unpaired) electrons. The van der Waals surface area contributed by atoms with Crippen LogP contribution in [0.5, 0.6) is 0 Å². The van der Waals surface area contributed by atoms with Crippen molar-refractivity contribution in [3.8, 4) is 11.3 Å². The van der Waals surface area contributed by atoms with Crippen LogP contribution >= 0.6 is 23.8 Å². The van der Waals surface area contributed by atoms with Crippen LogP contribution in [-0.4, -0.2) is 38.5 Å². The Morgan fingerprint density at radius 2 is 1.97 bits per heavy atom. The molecule has 0 saturated carbocycles. The molecule has 1 aliphatic heterocycles. The Morgan fingerprint density at radius 1 is 1.13 bits per heavy atom. The smallest absolute Gasteiger partial charge is 0.335 e. The zero-order valence-electron chi connectivity index (χ0n) is 20.9. The SMILES string of the molecule is Cc1cccc(NC(=O)CCN2C(=S)N[C@@H](c3ccccn3)[C@H]2c2ccc(-c3cc(C(=O)O)ccc3Cl)o2)c1. The molecule has 1 aliphatic rings. The van der Waals surface area contributed by atoms with Gasteiger partial charge < -0.3 is 25.1 Å². The van der Waals surface area contributed by atoms with Gasteiger partial charge in [0, 0.05) is 30.4 Å². The molecule has 5 rings (SSSR count). The van der Waals surface area contributed by atoms with E-state index >= 15 is 0 Å². The van der Waals surface area contributed by atoms with Crippen LogP contribution < -0.4 is 10.6 Å². The van der Waals surface area contributed by atoms with Crippen molar-refractivity contribution in [1.29, 1.82) is 0 Å². The number of aromatic carboxylic acids is 1. The molecule has 2 atom stereocenters. The minimum Gasteiger partial charge on any atom is -0.478 e. The van der Waals surface area contributed by atoms with Gasteiger partial charge in [0.1, 0.15) is 17.6 Å². The number of hydrogen-bond donors (Lipinski definition) is 3. The van der Waals surface area contributed by atoms with Crippen LogP contribution in [0.3, 0.4) is 0 Å². The summed E-state index contributed by atoms with van der Waals surface area (Å²) >= 11 is 12.1. The third kappa shape index (κ3) is 5.79. The molecule has 3 heterocycles.